The van der Waals surface area contributed by atoms with Crippen LogP contribution in [0.15, 0.2) is 36.4 Å². The maximum absolute atomic E-state index is 12.1. The van der Waals surface area contributed by atoms with Gasteiger partial charge in [0, 0.05) is 5.69 Å². The number of hydrogen-bond donors (Lipinski definition) is 2. The number of halogens is 2. The maximum Gasteiger partial charge on any atom is 0.261 e. The van der Waals surface area contributed by atoms with Gasteiger partial charge in [-0.15, -0.1) is 0 Å². The maximum atomic E-state index is 12.1. The fourth-order valence-corrected chi connectivity index (χ4v) is 2.66. The van der Waals surface area contributed by atoms with Crippen LogP contribution in [0.25, 0.3) is 0 Å². The monoisotopic (exact) mass is 394 g/mol. The van der Waals surface area contributed by atoms with Crippen molar-refractivity contribution in [1.82, 2.24) is 5.32 Å². The number of benzene rings is 2. The van der Waals surface area contributed by atoms with Gasteiger partial charge in [-0.3, -0.25) is 9.59 Å². The first-order valence-corrected chi connectivity index (χ1v) is 8.79. The van der Waals surface area contributed by atoms with Gasteiger partial charge in [0.15, 0.2) is 6.10 Å². The van der Waals surface area contributed by atoms with Crippen molar-refractivity contribution in [3.05, 3.63) is 57.6 Å². The summed E-state index contributed by atoms with van der Waals surface area (Å²) in [6.07, 6.45) is -0.834. The molecule has 1 atom stereocenters. The summed E-state index contributed by atoms with van der Waals surface area (Å²) in [6, 6.07) is 10.6. The zero-order chi connectivity index (χ0) is 19.3. The highest BCUT2D eigenvalue weighted by molar-refractivity contribution is 6.42. The molecule has 26 heavy (non-hydrogen) atoms. The molecule has 138 valence electrons. The van der Waals surface area contributed by atoms with Crippen LogP contribution in [0.5, 0.6) is 5.75 Å². The second-order valence-corrected chi connectivity index (χ2v) is 6.63. The summed E-state index contributed by atoms with van der Waals surface area (Å²) >= 11 is 12.0. The Bertz CT molecular complexity index is 804. The minimum absolute atomic E-state index is 0.163. The third-order valence-corrected chi connectivity index (χ3v) is 4.56. The zero-order valence-electron chi connectivity index (χ0n) is 14.7. The molecular formula is C19H20Cl2N2O3. The lowest BCUT2D eigenvalue weighted by molar-refractivity contribution is -0.129. The van der Waals surface area contributed by atoms with Crippen molar-refractivity contribution in [2.75, 3.05) is 11.9 Å². The van der Waals surface area contributed by atoms with Gasteiger partial charge in [0.1, 0.15) is 10.8 Å². The van der Waals surface area contributed by atoms with E-state index >= 15 is 0 Å². The first-order valence-electron chi connectivity index (χ1n) is 8.04. The van der Waals surface area contributed by atoms with E-state index in [9.17, 15) is 9.59 Å². The third kappa shape index (κ3) is 5.13. The molecule has 2 rings (SSSR count). The number of para-hydroxylation sites is 1. The summed E-state index contributed by atoms with van der Waals surface area (Å²) in [5.41, 5.74) is 2.66. The molecule has 0 aliphatic rings. The van der Waals surface area contributed by atoms with E-state index in [0.29, 0.717) is 10.8 Å². The number of ether oxygens (including phenoxy) is 1. The van der Waals surface area contributed by atoms with E-state index in [1.54, 1.807) is 25.1 Å². The molecule has 0 aliphatic carbocycles. The lowest BCUT2D eigenvalue weighted by atomic mass is 10.1. The molecule has 0 bridgehead atoms. The molecule has 0 fully saturated rings. The average Bonchev–Trinajstić information content (AvgIpc) is 2.60. The number of hydrogen-bond acceptors (Lipinski definition) is 3. The summed E-state index contributed by atoms with van der Waals surface area (Å²) in [7, 11) is 0. The zero-order valence-corrected chi connectivity index (χ0v) is 16.2. The van der Waals surface area contributed by atoms with E-state index in [1.807, 2.05) is 32.0 Å². The molecule has 2 N–H and O–H groups in total. The van der Waals surface area contributed by atoms with Crippen molar-refractivity contribution in [2.24, 2.45) is 0 Å². The lowest BCUT2D eigenvalue weighted by Gasteiger charge is -2.16. The Balaban J connectivity index is 1.89. The molecule has 2 amide bonds. The first kappa shape index (κ1) is 20.1. The Hall–Kier alpha value is -2.24. The molecule has 1 unspecified atom stereocenters. The summed E-state index contributed by atoms with van der Waals surface area (Å²) in [5, 5.41) is 5.92. The molecule has 0 aromatic heterocycles. The SMILES string of the molecule is Cc1cccc(C)c1NC(=O)CNC(=O)C(C)Oc1cccc(Cl)c1Cl. The highest BCUT2D eigenvalue weighted by Gasteiger charge is 2.18. The Morgan fingerprint density at radius 1 is 1.08 bits per heavy atom. The van der Waals surface area contributed by atoms with Crippen LogP contribution in [-0.4, -0.2) is 24.5 Å². The third-order valence-electron chi connectivity index (χ3n) is 3.76. The van der Waals surface area contributed by atoms with Crippen LogP contribution in [0, 0.1) is 13.8 Å². The minimum atomic E-state index is -0.834. The molecule has 0 aliphatic heterocycles. The van der Waals surface area contributed by atoms with Crippen LogP contribution < -0.4 is 15.4 Å². The van der Waals surface area contributed by atoms with Gasteiger partial charge in [0.05, 0.1) is 11.6 Å². The second-order valence-electron chi connectivity index (χ2n) is 5.84. The molecule has 2 aromatic rings. The van der Waals surface area contributed by atoms with Gasteiger partial charge < -0.3 is 15.4 Å². The van der Waals surface area contributed by atoms with Crippen LogP contribution in [-0.2, 0) is 9.59 Å². The van der Waals surface area contributed by atoms with Crippen LogP contribution in [0.4, 0.5) is 5.69 Å². The van der Waals surface area contributed by atoms with Crippen LogP contribution in [0.1, 0.15) is 18.1 Å². The van der Waals surface area contributed by atoms with E-state index in [0.717, 1.165) is 16.8 Å². The van der Waals surface area contributed by atoms with E-state index < -0.39 is 12.0 Å². The number of rotatable bonds is 6. The standard InChI is InChI=1S/C19H20Cl2N2O3/c1-11-6-4-7-12(2)18(11)23-16(24)10-22-19(25)13(3)26-15-9-5-8-14(20)17(15)21/h4-9,13H,10H2,1-3H3,(H,22,25)(H,23,24). The van der Waals surface area contributed by atoms with Crippen molar-refractivity contribution in [3.63, 3.8) is 0 Å². The Morgan fingerprint density at radius 3 is 2.35 bits per heavy atom. The Kier molecular flexibility index (Phi) is 6.89. The van der Waals surface area contributed by atoms with Crippen molar-refractivity contribution >= 4 is 40.7 Å². The van der Waals surface area contributed by atoms with E-state index in [1.165, 1.54) is 0 Å². The number of carbonyl (C=O) groups excluding carboxylic acids is 2. The predicted molar refractivity (Wildman–Crippen MR) is 104 cm³/mol. The van der Waals surface area contributed by atoms with Gasteiger partial charge in [-0.25, -0.2) is 0 Å². The summed E-state index contributed by atoms with van der Waals surface area (Å²) in [5.74, 6) is -0.441. The molecule has 2 aromatic carbocycles. The molecule has 5 nitrogen and oxygen atoms in total. The van der Waals surface area contributed by atoms with Crippen molar-refractivity contribution in [3.8, 4) is 5.75 Å². The minimum Gasteiger partial charge on any atom is -0.479 e. The first-order chi connectivity index (χ1) is 12.3. The quantitative estimate of drug-likeness (QED) is 0.773. The number of anilines is 1. The summed E-state index contributed by atoms with van der Waals surface area (Å²) in [4.78, 5) is 24.2. The molecule has 0 saturated heterocycles. The molecule has 7 heteroatoms. The Morgan fingerprint density at radius 2 is 1.69 bits per heavy atom. The lowest BCUT2D eigenvalue weighted by Crippen LogP contribution is -2.40. The van der Waals surface area contributed by atoms with Crippen molar-refractivity contribution < 1.29 is 14.3 Å². The molecular weight excluding hydrogens is 375 g/mol. The fourth-order valence-electron chi connectivity index (χ4n) is 2.33. The van der Waals surface area contributed by atoms with Gasteiger partial charge in [-0.05, 0) is 44.0 Å². The van der Waals surface area contributed by atoms with E-state index in [-0.39, 0.29) is 17.5 Å². The number of carbonyl (C=O) groups is 2. The average molecular weight is 395 g/mol. The van der Waals surface area contributed by atoms with Gasteiger partial charge in [-0.2, -0.15) is 0 Å². The summed E-state index contributed by atoms with van der Waals surface area (Å²) in [6.45, 7) is 5.22. The highest BCUT2D eigenvalue weighted by Crippen LogP contribution is 2.32. The normalized spacial score (nSPS) is 11.6. The fraction of sp³-hybridized carbons (Fsp3) is 0.263. The van der Waals surface area contributed by atoms with Gasteiger partial charge in [-0.1, -0.05) is 47.5 Å². The molecule has 0 heterocycles. The number of amides is 2. The van der Waals surface area contributed by atoms with Crippen LogP contribution in [0.2, 0.25) is 10.0 Å². The van der Waals surface area contributed by atoms with E-state index in [2.05, 4.69) is 10.6 Å². The van der Waals surface area contributed by atoms with Crippen LogP contribution >= 0.6 is 23.2 Å². The van der Waals surface area contributed by atoms with Crippen LogP contribution in [0.3, 0.4) is 0 Å². The van der Waals surface area contributed by atoms with Crippen molar-refractivity contribution in [1.29, 1.82) is 0 Å². The topological polar surface area (TPSA) is 67.4 Å². The molecule has 0 saturated carbocycles. The number of nitrogens with one attached hydrogen (secondary N) is 2. The summed E-state index contributed by atoms with van der Waals surface area (Å²) < 4.78 is 5.52. The van der Waals surface area contributed by atoms with Gasteiger partial charge >= 0.3 is 0 Å². The predicted octanol–water partition coefficient (Wildman–Crippen LogP) is 4.13. The second kappa shape index (κ2) is 8.92. The molecule has 0 spiro atoms. The van der Waals surface area contributed by atoms with Crippen molar-refractivity contribution in [2.45, 2.75) is 26.9 Å². The van der Waals surface area contributed by atoms with Gasteiger partial charge in [0.2, 0.25) is 5.91 Å². The highest BCUT2D eigenvalue weighted by atomic mass is 35.5. The Labute approximate surface area is 162 Å². The molecule has 0 radical (unpaired) electrons. The number of aryl methyl sites for hydroxylation is 2. The largest absolute Gasteiger partial charge is 0.479 e. The van der Waals surface area contributed by atoms with Gasteiger partial charge in [0.25, 0.3) is 5.91 Å². The van der Waals surface area contributed by atoms with E-state index in [4.69, 9.17) is 27.9 Å². The smallest absolute Gasteiger partial charge is 0.261 e.